The first-order chi connectivity index (χ1) is 19.0. The first-order valence-corrected chi connectivity index (χ1v) is 13.3. The molecule has 1 fully saturated rings. The molecule has 0 aliphatic carbocycles. The normalized spacial score (nSPS) is 13.3. The second-order valence-electron chi connectivity index (χ2n) is 9.98. The molecule has 5 rings (SSSR count). The maximum Gasteiger partial charge on any atom is 0.258 e. The number of rotatable bonds is 8. The van der Waals surface area contributed by atoms with Gasteiger partial charge in [0, 0.05) is 30.9 Å². The number of fused-ring (bicyclic) bond motifs is 1. The lowest BCUT2D eigenvalue weighted by molar-refractivity contribution is 0.102. The lowest BCUT2D eigenvalue weighted by Gasteiger charge is -2.29. The van der Waals surface area contributed by atoms with E-state index in [0.29, 0.717) is 34.8 Å². The van der Waals surface area contributed by atoms with Gasteiger partial charge in [-0.3, -0.25) is 4.79 Å². The van der Waals surface area contributed by atoms with Gasteiger partial charge in [0.2, 0.25) is 0 Å². The summed E-state index contributed by atoms with van der Waals surface area (Å²) in [5.74, 6) is 1.11. The molecule has 4 aromatic rings. The van der Waals surface area contributed by atoms with Crippen molar-refractivity contribution in [2.24, 2.45) is 0 Å². The molecule has 1 aliphatic heterocycles. The standard InChI is InChI=1S/C31H32N6O2/c1-36(2)17-18-39-31-29(37-15-4-3-5-16-37)34-28-20-26(13-14-27(28)35-31)33-30(38)24-11-9-23(10-12-24)25-8-6-7-22(19-25)21-32/h6-14,19-20H,3-5,15-18H2,1-2H3,(H,33,38). The van der Waals surface area contributed by atoms with E-state index in [1.165, 1.54) is 6.42 Å². The molecule has 0 unspecified atom stereocenters. The van der Waals surface area contributed by atoms with Crippen LogP contribution in [0.4, 0.5) is 11.5 Å². The minimum atomic E-state index is -0.209. The number of aromatic nitrogens is 2. The van der Waals surface area contributed by atoms with Gasteiger partial charge in [0.1, 0.15) is 6.61 Å². The van der Waals surface area contributed by atoms with Gasteiger partial charge < -0.3 is 19.9 Å². The number of piperidine rings is 1. The molecule has 1 amide bonds. The molecule has 8 nitrogen and oxygen atoms in total. The topological polar surface area (TPSA) is 94.4 Å². The Balaban J connectivity index is 1.35. The SMILES string of the molecule is CN(C)CCOc1nc2ccc(NC(=O)c3ccc(-c4cccc(C#N)c4)cc3)cc2nc1N1CCCCC1. The molecule has 198 valence electrons. The lowest BCUT2D eigenvalue weighted by Crippen LogP contribution is -2.31. The number of hydrogen-bond acceptors (Lipinski definition) is 7. The van der Waals surface area contributed by atoms with Gasteiger partial charge in [0.05, 0.1) is 22.7 Å². The zero-order valence-corrected chi connectivity index (χ0v) is 22.4. The van der Waals surface area contributed by atoms with E-state index in [9.17, 15) is 4.79 Å². The summed E-state index contributed by atoms with van der Waals surface area (Å²) in [5, 5.41) is 12.1. The number of amides is 1. The van der Waals surface area contributed by atoms with E-state index in [1.54, 1.807) is 18.2 Å². The van der Waals surface area contributed by atoms with Gasteiger partial charge >= 0.3 is 0 Å². The number of carbonyl (C=O) groups is 1. The number of likely N-dealkylation sites (N-methyl/N-ethyl adjacent to an activating group) is 1. The highest BCUT2D eigenvalue weighted by Gasteiger charge is 2.20. The molecule has 39 heavy (non-hydrogen) atoms. The molecule has 8 heteroatoms. The van der Waals surface area contributed by atoms with Crippen LogP contribution in [-0.2, 0) is 0 Å². The Kier molecular flexibility index (Phi) is 7.99. The quantitative estimate of drug-likeness (QED) is 0.335. The molecule has 3 aromatic carbocycles. The highest BCUT2D eigenvalue weighted by atomic mass is 16.5. The van der Waals surface area contributed by atoms with Gasteiger partial charge in [-0.1, -0.05) is 24.3 Å². The Morgan fingerprint density at radius 2 is 1.77 bits per heavy atom. The van der Waals surface area contributed by atoms with Gasteiger partial charge in [-0.25, -0.2) is 9.97 Å². The van der Waals surface area contributed by atoms with Crippen molar-refractivity contribution in [3.05, 3.63) is 77.9 Å². The van der Waals surface area contributed by atoms with Crippen molar-refractivity contribution in [2.45, 2.75) is 19.3 Å². The largest absolute Gasteiger partial charge is 0.474 e. The van der Waals surface area contributed by atoms with E-state index >= 15 is 0 Å². The van der Waals surface area contributed by atoms with Crippen LogP contribution in [0.3, 0.4) is 0 Å². The molecule has 0 bridgehead atoms. The molecule has 1 aromatic heterocycles. The molecule has 1 N–H and O–H groups in total. The number of carbonyl (C=O) groups excluding carboxylic acids is 1. The Labute approximate surface area is 228 Å². The van der Waals surface area contributed by atoms with Crippen molar-refractivity contribution in [2.75, 3.05) is 50.6 Å². The third kappa shape index (κ3) is 6.33. The highest BCUT2D eigenvalue weighted by Crippen LogP contribution is 2.30. The first-order valence-electron chi connectivity index (χ1n) is 13.3. The fraction of sp³-hybridized carbons (Fsp3) is 0.290. The average Bonchev–Trinajstić information content (AvgIpc) is 2.97. The van der Waals surface area contributed by atoms with E-state index in [0.717, 1.165) is 54.9 Å². The summed E-state index contributed by atoms with van der Waals surface area (Å²) in [4.78, 5) is 27.1. The molecular weight excluding hydrogens is 488 g/mol. The summed E-state index contributed by atoms with van der Waals surface area (Å²) in [6.45, 7) is 3.18. The van der Waals surface area contributed by atoms with Crippen molar-refractivity contribution in [1.29, 1.82) is 5.26 Å². The van der Waals surface area contributed by atoms with Crippen LogP contribution in [0, 0.1) is 11.3 Å². The second-order valence-corrected chi connectivity index (χ2v) is 9.98. The van der Waals surface area contributed by atoms with Crippen LogP contribution in [0.15, 0.2) is 66.7 Å². The maximum absolute atomic E-state index is 13.0. The summed E-state index contributed by atoms with van der Waals surface area (Å²) in [6.07, 6.45) is 3.46. The number of ether oxygens (including phenoxy) is 1. The van der Waals surface area contributed by atoms with Crippen LogP contribution in [0.2, 0.25) is 0 Å². The summed E-state index contributed by atoms with van der Waals surface area (Å²) in [6, 6.07) is 22.5. The Hall–Kier alpha value is -4.48. The molecule has 1 aliphatic rings. The van der Waals surface area contributed by atoms with Gasteiger partial charge in [0.15, 0.2) is 5.82 Å². The number of hydrogen-bond donors (Lipinski definition) is 1. The van der Waals surface area contributed by atoms with Crippen molar-refractivity contribution < 1.29 is 9.53 Å². The Morgan fingerprint density at radius 3 is 2.51 bits per heavy atom. The lowest BCUT2D eigenvalue weighted by atomic mass is 10.0. The summed E-state index contributed by atoms with van der Waals surface area (Å²) in [5.41, 5.74) is 5.10. The maximum atomic E-state index is 13.0. The first kappa shape index (κ1) is 26.1. The molecule has 1 saturated heterocycles. The number of nitrogens with zero attached hydrogens (tertiary/aromatic N) is 5. The monoisotopic (exact) mass is 520 g/mol. The second kappa shape index (κ2) is 11.9. The third-order valence-electron chi connectivity index (χ3n) is 6.78. The number of nitrogens with one attached hydrogen (secondary N) is 1. The summed E-state index contributed by atoms with van der Waals surface area (Å²) >= 11 is 0. The minimum absolute atomic E-state index is 0.209. The molecular formula is C31H32N6O2. The molecule has 0 radical (unpaired) electrons. The van der Waals surface area contributed by atoms with Crippen LogP contribution < -0.4 is 15.0 Å². The van der Waals surface area contributed by atoms with Gasteiger partial charge in [-0.2, -0.15) is 5.26 Å². The minimum Gasteiger partial charge on any atom is -0.474 e. The predicted octanol–water partition coefficient (Wildman–Crippen LogP) is 5.35. The van der Waals surface area contributed by atoms with Crippen molar-refractivity contribution in [1.82, 2.24) is 14.9 Å². The average molecular weight is 521 g/mol. The fourth-order valence-corrected chi connectivity index (χ4v) is 4.63. The van der Waals surface area contributed by atoms with E-state index in [4.69, 9.17) is 20.0 Å². The zero-order valence-electron chi connectivity index (χ0n) is 22.4. The van der Waals surface area contributed by atoms with Crippen molar-refractivity contribution in [3.8, 4) is 23.1 Å². The number of anilines is 2. The van der Waals surface area contributed by atoms with Crippen LogP contribution in [-0.4, -0.2) is 61.1 Å². The molecule has 0 atom stereocenters. The number of nitriles is 1. The van der Waals surface area contributed by atoms with Gasteiger partial charge in [0.25, 0.3) is 11.8 Å². The van der Waals surface area contributed by atoms with Crippen molar-refractivity contribution in [3.63, 3.8) is 0 Å². The Morgan fingerprint density at radius 1 is 0.974 bits per heavy atom. The smallest absolute Gasteiger partial charge is 0.258 e. The Bertz CT molecular complexity index is 1500. The van der Waals surface area contributed by atoms with Crippen LogP contribution in [0.1, 0.15) is 35.2 Å². The van der Waals surface area contributed by atoms with Crippen LogP contribution in [0.25, 0.3) is 22.2 Å². The predicted molar refractivity (Wildman–Crippen MR) is 154 cm³/mol. The fourth-order valence-electron chi connectivity index (χ4n) is 4.63. The number of benzene rings is 3. The molecule has 0 spiro atoms. The zero-order chi connectivity index (χ0) is 27.2. The van der Waals surface area contributed by atoms with Crippen LogP contribution >= 0.6 is 0 Å². The van der Waals surface area contributed by atoms with Gasteiger partial charge in [-0.05, 0) is 86.9 Å². The highest BCUT2D eigenvalue weighted by molar-refractivity contribution is 6.05. The molecule has 2 heterocycles. The van der Waals surface area contributed by atoms with Crippen molar-refractivity contribution >= 4 is 28.4 Å². The van der Waals surface area contributed by atoms with E-state index in [1.807, 2.05) is 62.6 Å². The van der Waals surface area contributed by atoms with E-state index in [2.05, 4.69) is 21.2 Å². The van der Waals surface area contributed by atoms with Gasteiger partial charge in [-0.15, -0.1) is 0 Å². The van der Waals surface area contributed by atoms with E-state index in [-0.39, 0.29) is 5.91 Å². The third-order valence-corrected chi connectivity index (χ3v) is 6.78. The summed E-state index contributed by atoms with van der Waals surface area (Å²) in [7, 11) is 4.03. The summed E-state index contributed by atoms with van der Waals surface area (Å²) < 4.78 is 6.07. The molecule has 0 saturated carbocycles. The van der Waals surface area contributed by atoms with Crippen LogP contribution in [0.5, 0.6) is 5.88 Å². The van der Waals surface area contributed by atoms with E-state index < -0.39 is 0 Å².